The molecule has 0 saturated carbocycles. The Labute approximate surface area is 76.0 Å². The summed E-state index contributed by atoms with van der Waals surface area (Å²) in [6.45, 7) is 0. The van der Waals surface area contributed by atoms with E-state index in [0.717, 1.165) is 0 Å². The molecule has 0 amide bonds. The summed E-state index contributed by atoms with van der Waals surface area (Å²) in [5.74, 6) is 0. The average Bonchev–Trinajstić information content (AvgIpc) is 2.18. The summed E-state index contributed by atoms with van der Waals surface area (Å²) in [5.41, 5.74) is 0.539. The fourth-order valence-corrected chi connectivity index (χ4v) is 1.73. The minimum absolute atomic E-state index is 0.0917. The largest absolute Gasteiger partial charge is 0.302 e. The van der Waals surface area contributed by atoms with Crippen molar-refractivity contribution >= 4 is 10.0 Å². The van der Waals surface area contributed by atoms with Gasteiger partial charge in [0.1, 0.15) is 0 Å². The molecule has 5 nitrogen and oxygen atoms in total. The summed E-state index contributed by atoms with van der Waals surface area (Å²) in [6, 6.07) is 1.93. The lowest BCUT2D eigenvalue weighted by Crippen LogP contribution is -2.21. The zero-order valence-electron chi connectivity index (χ0n) is 6.69. The van der Waals surface area contributed by atoms with Gasteiger partial charge in [0, 0.05) is 5.57 Å². The van der Waals surface area contributed by atoms with E-state index in [1.54, 1.807) is 0 Å². The van der Waals surface area contributed by atoms with Crippen LogP contribution in [0.1, 0.15) is 12.8 Å². The fraction of sp³-hybridized carbons (Fsp3) is 0.286. The van der Waals surface area contributed by atoms with Gasteiger partial charge in [0.25, 0.3) is 10.0 Å². The highest BCUT2D eigenvalue weighted by Gasteiger charge is 2.18. The number of rotatable bonds is 2. The molecule has 0 heterocycles. The second-order valence-electron chi connectivity index (χ2n) is 2.53. The molecule has 0 aromatic carbocycles. The van der Waals surface area contributed by atoms with Gasteiger partial charge in [0.2, 0.25) is 0 Å². The topological polar surface area (TPSA) is 90.2 Å². The zero-order chi connectivity index (χ0) is 9.90. The zero-order valence-corrected chi connectivity index (χ0v) is 7.50. The Morgan fingerprint density at radius 2 is 2.15 bits per heavy atom. The number of nitriles is 1. The molecular formula is C7H8N2O3S. The van der Waals surface area contributed by atoms with Crippen LogP contribution in [0.3, 0.4) is 0 Å². The van der Waals surface area contributed by atoms with Gasteiger partial charge in [0.05, 0.1) is 11.0 Å². The maximum atomic E-state index is 11.0. The Balaban J connectivity index is 2.96. The third-order valence-corrected chi connectivity index (χ3v) is 2.99. The molecule has 0 aromatic rings. The highest BCUT2D eigenvalue weighted by Crippen LogP contribution is 2.20. The number of hydrogen-bond acceptors (Lipinski definition) is 4. The minimum atomic E-state index is -3.74. The van der Waals surface area contributed by atoms with Crippen molar-refractivity contribution < 1.29 is 13.6 Å². The minimum Gasteiger partial charge on any atom is -0.302 e. The van der Waals surface area contributed by atoms with Crippen molar-refractivity contribution in [2.75, 3.05) is 0 Å². The first-order chi connectivity index (χ1) is 6.10. The number of hydrogen-bond donors (Lipinski definition) is 2. The lowest BCUT2D eigenvalue weighted by molar-refractivity contribution is 0.244. The van der Waals surface area contributed by atoms with E-state index < -0.39 is 10.0 Å². The van der Waals surface area contributed by atoms with Crippen LogP contribution in [0.25, 0.3) is 0 Å². The molecule has 2 N–H and O–H groups in total. The van der Waals surface area contributed by atoms with Crippen LogP contribution < -0.4 is 4.89 Å². The SMILES string of the molecule is N#CC1=CC=C(S(=O)(=O)NO)CC1. The summed E-state index contributed by atoms with van der Waals surface area (Å²) in [7, 11) is -3.74. The molecule has 0 fully saturated rings. The molecular weight excluding hydrogens is 192 g/mol. The second kappa shape index (κ2) is 3.70. The van der Waals surface area contributed by atoms with Crippen molar-refractivity contribution in [2.45, 2.75) is 12.8 Å². The molecule has 0 saturated heterocycles. The highest BCUT2D eigenvalue weighted by molar-refractivity contribution is 7.93. The van der Waals surface area contributed by atoms with E-state index >= 15 is 0 Å². The molecule has 0 atom stereocenters. The maximum Gasteiger partial charge on any atom is 0.258 e. The van der Waals surface area contributed by atoms with Crippen molar-refractivity contribution in [3.8, 4) is 6.07 Å². The molecule has 70 valence electrons. The number of nitrogens with one attached hydrogen (secondary N) is 1. The second-order valence-corrected chi connectivity index (χ2v) is 4.25. The van der Waals surface area contributed by atoms with Gasteiger partial charge in [-0.3, -0.25) is 0 Å². The molecule has 0 radical (unpaired) electrons. The number of nitrogens with zero attached hydrogens (tertiary/aromatic N) is 1. The molecule has 0 aromatic heterocycles. The maximum absolute atomic E-state index is 11.0. The van der Waals surface area contributed by atoms with Crippen molar-refractivity contribution in [1.82, 2.24) is 4.89 Å². The monoisotopic (exact) mass is 200 g/mol. The van der Waals surface area contributed by atoms with Crippen LogP contribution in [-0.4, -0.2) is 13.6 Å². The third-order valence-electron chi connectivity index (χ3n) is 1.72. The van der Waals surface area contributed by atoms with Gasteiger partial charge in [-0.2, -0.15) is 5.26 Å². The number of sulfonamides is 1. The molecule has 1 aliphatic carbocycles. The molecule has 0 unspecified atom stereocenters. The Bertz CT molecular complexity index is 400. The van der Waals surface area contributed by atoms with Crippen molar-refractivity contribution in [3.63, 3.8) is 0 Å². The Morgan fingerprint density at radius 3 is 2.54 bits per heavy atom. The van der Waals surface area contributed by atoms with Gasteiger partial charge in [-0.05, 0) is 25.0 Å². The molecule has 6 heteroatoms. The van der Waals surface area contributed by atoms with E-state index in [2.05, 4.69) is 0 Å². The van der Waals surface area contributed by atoms with Gasteiger partial charge in [-0.25, -0.2) is 8.42 Å². The first-order valence-electron chi connectivity index (χ1n) is 3.56. The predicted molar refractivity (Wildman–Crippen MR) is 44.9 cm³/mol. The molecule has 1 aliphatic rings. The molecule has 0 aliphatic heterocycles. The lowest BCUT2D eigenvalue weighted by Gasteiger charge is -2.09. The van der Waals surface area contributed by atoms with Gasteiger partial charge < -0.3 is 5.21 Å². The normalized spacial score (nSPS) is 17.2. The Hall–Kier alpha value is -1.16. The van der Waals surface area contributed by atoms with E-state index in [9.17, 15) is 8.42 Å². The first-order valence-corrected chi connectivity index (χ1v) is 5.04. The van der Waals surface area contributed by atoms with Crippen LogP contribution in [0.15, 0.2) is 22.6 Å². The van der Waals surface area contributed by atoms with Gasteiger partial charge in [-0.1, -0.05) is 4.89 Å². The quantitative estimate of drug-likeness (QED) is 0.632. The van der Waals surface area contributed by atoms with E-state index in [-0.39, 0.29) is 11.3 Å². The summed E-state index contributed by atoms with van der Waals surface area (Å²) in [5, 5.41) is 16.8. The predicted octanol–water partition coefficient (Wildman–Crippen LogP) is 0.423. The summed E-state index contributed by atoms with van der Waals surface area (Å²) in [6.07, 6.45) is 3.40. The van der Waals surface area contributed by atoms with Gasteiger partial charge in [0.15, 0.2) is 0 Å². The Morgan fingerprint density at radius 1 is 1.46 bits per heavy atom. The van der Waals surface area contributed by atoms with Crippen LogP contribution in [0.2, 0.25) is 0 Å². The van der Waals surface area contributed by atoms with Crippen molar-refractivity contribution in [2.24, 2.45) is 0 Å². The van der Waals surface area contributed by atoms with E-state index in [4.69, 9.17) is 10.5 Å². The van der Waals surface area contributed by atoms with Crippen LogP contribution in [0.5, 0.6) is 0 Å². The first kappa shape index (κ1) is 9.92. The Kier molecular flexibility index (Phi) is 2.83. The van der Waals surface area contributed by atoms with Crippen LogP contribution >= 0.6 is 0 Å². The molecule has 0 bridgehead atoms. The lowest BCUT2D eigenvalue weighted by atomic mass is 10.1. The van der Waals surface area contributed by atoms with Gasteiger partial charge in [-0.15, -0.1) is 0 Å². The van der Waals surface area contributed by atoms with E-state index in [1.165, 1.54) is 17.0 Å². The van der Waals surface area contributed by atoms with Crippen molar-refractivity contribution in [3.05, 3.63) is 22.6 Å². The van der Waals surface area contributed by atoms with Crippen LogP contribution in [-0.2, 0) is 10.0 Å². The van der Waals surface area contributed by atoms with Crippen LogP contribution in [0, 0.1) is 11.3 Å². The van der Waals surface area contributed by atoms with E-state index in [1.807, 2.05) is 6.07 Å². The van der Waals surface area contributed by atoms with Crippen LogP contribution in [0.4, 0.5) is 0 Å². The number of allylic oxidation sites excluding steroid dienone is 4. The van der Waals surface area contributed by atoms with E-state index in [0.29, 0.717) is 12.0 Å². The fourth-order valence-electron chi connectivity index (χ4n) is 0.994. The smallest absolute Gasteiger partial charge is 0.258 e. The summed E-state index contributed by atoms with van der Waals surface area (Å²) in [4.78, 5) is 1.33. The summed E-state index contributed by atoms with van der Waals surface area (Å²) >= 11 is 0. The summed E-state index contributed by atoms with van der Waals surface area (Å²) < 4.78 is 22.0. The van der Waals surface area contributed by atoms with Gasteiger partial charge >= 0.3 is 0 Å². The standard InChI is InChI=1S/C7H8N2O3S/c8-5-6-1-3-7(4-2-6)13(11,12)9-10/h1,3,9-10H,2,4H2. The van der Waals surface area contributed by atoms with Crippen molar-refractivity contribution in [1.29, 1.82) is 5.26 Å². The molecule has 1 rings (SSSR count). The average molecular weight is 200 g/mol. The highest BCUT2D eigenvalue weighted by atomic mass is 32.2. The third kappa shape index (κ3) is 2.15. The molecule has 13 heavy (non-hydrogen) atoms. The molecule has 0 spiro atoms.